The molecule has 0 aliphatic heterocycles. The zero-order valence-electron chi connectivity index (χ0n) is 14.7. The molecule has 2 aromatic carbocycles. The maximum atomic E-state index is 12.0. The molecule has 1 heterocycles. The van der Waals surface area contributed by atoms with Crippen LogP contribution < -0.4 is 21.5 Å². The number of hydrogen-bond acceptors (Lipinski definition) is 3. The van der Waals surface area contributed by atoms with Gasteiger partial charge in [0.15, 0.2) is 0 Å². The van der Waals surface area contributed by atoms with E-state index in [9.17, 15) is 14.4 Å². The minimum absolute atomic E-state index is 0.143. The summed E-state index contributed by atoms with van der Waals surface area (Å²) in [7, 11) is 0. The highest BCUT2D eigenvalue weighted by Crippen LogP contribution is 2.13. The van der Waals surface area contributed by atoms with Crippen molar-refractivity contribution < 1.29 is 9.59 Å². The van der Waals surface area contributed by atoms with E-state index < -0.39 is 6.03 Å². The summed E-state index contributed by atoms with van der Waals surface area (Å²) >= 11 is 5.78. The molecular formula is C20H17ClN4O3. The molecule has 7 nitrogen and oxygen atoms in total. The van der Waals surface area contributed by atoms with E-state index in [0.717, 1.165) is 0 Å². The van der Waals surface area contributed by atoms with E-state index in [1.807, 2.05) is 0 Å². The molecule has 3 amide bonds. The minimum atomic E-state index is -0.503. The second-order valence-corrected chi connectivity index (χ2v) is 6.25. The first kappa shape index (κ1) is 19.2. The average molecular weight is 397 g/mol. The van der Waals surface area contributed by atoms with Crippen molar-refractivity contribution in [1.29, 1.82) is 0 Å². The number of hydrogen-bond donors (Lipinski definition) is 3. The number of rotatable bonds is 5. The molecule has 8 heteroatoms. The summed E-state index contributed by atoms with van der Waals surface area (Å²) in [6, 6.07) is 17.8. The number of anilines is 2. The summed E-state index contributed by atoms with van der Waals surface area (Å²) in [5.41, 5.74) is 1.66. The van der Waals surface area contributed by atoms with Crippen LogP contribution >= 0.6 is 11.6 Å². The lowest BCUT2D eigenvalue weighted by Crippen LogP contribution is -2.35. The molecule has 0 saturated heterocycles. The number of aromatic nitrogens is 1. The van der Waals surface area contributed by atoms with Gasteiger partial charge in [-0.3, -0.25) is 14.2 Å². The molecule has 0 aliphatic rings. The molecule has 3 N–H and O–H groups in total. The normalized spacial score (nSPS) is 10.2. The molecule has 0 radical (unpaired) electrons. The molecular weight excluding hydrogens is 380 g/mol. The number of halogens is 1. The van der Waals surface area contributed by atoms with Crippen molar-refractivity contribution in [2.45, 2.75) is 0 Å². The number of amides is 3. The Bertz CT molecular complexity index is 1030. The summed E-state index contributed by atoms with van der Waals surface area (Å²) in [4.78, 5) is 35.6. The van der Waals surface area contributed by atoms with Gasteiger partial charge in [0.05, 0.1) is 6.54 Å². The Morgan fingerprint density at radius 3 is 2.18 bits per heavy atom. The van der Waals surface area contributed by atoms with Crippen LogP contribution in [0.1, 0.15) is 0 Å². The third-order valence-electron chi connectivity index (χ3n) is 3.76. The Labute approximate surface area is 166 Å². The highest BCUT2D eigenvalue weighted by Gasteiger charge is 2.07. The standard InChI is InChI=1S/C20H17ClN4O3/c21-14-4-6-16(7-5-14)24-20(28)22-13-18(26)23-15-8-10-17(11-9-15)25-12-2-1-3-19(25)27/h1-12H,13H2,(H,23,26)(H2,22,24,28). The largest absolute Gasteiger partial charge is 0.329 e. The van der Waals surface area contributed by atoms with Crippen molar-refractivity contribution in [2.24, 2.45) is 0 Å². The number of benzene rings is 2. The van der Waals surface area contributed by atoms with Gasteiger partial charge in [0.1, 0.15) is 0 Å². The molecule has 0 bridgehead atoms. The van der Waals surface area contributed by atoms with Gasteiger partial charge in [0.25, 0.3) is 5.56 Å². The lowest BCUT2D eigenvalue weighted by molar-refractivity contribution is -0.115. The van der Waals surface area contributed by atoms with Crippen LogP contribution in [0.5, 0.6) is 0 Å². The van der Waals surface area contributed by atoms with Crippen LogP contribution in [0.25, 0.3) is 5.69 Å². The van der Waals surface area contributed by atoms with Crippen LogP contribution in [0.3, 0.4) is 0 Å². The van der Waals surface area contributed by atoms with Crippen LogP contribution in [-0.2, 0) is 4.79 Å². The molecule has 0 unspecified atom stereocenters. The number of urea groups is 1. The molecule has 1 aromatic heterocycles. The van der Waals surface area contributed by atoms with E-state index in [1.165, 1.54) is 10.6 Å². The van der Waals surface area contributed by atoms with Crippen LogP contribution in [0.15, 0.2) is 77.7 Å². The van der Waals surface area contributed by atoms with Crippen molar-refractivity contribution in [3.05, 3.63) is 88.3 Å². The SMILES string of the molecule is O=C(CNC(=O)Nc1ccc(Cl)cc1)Nc1ccc(-n2ccccc2=O)cc1. The molecule has 142 valence electrons. The fraction of sp³-hybridized carbons (Fsp3) is 0.0500. The molecule has 0 spiro atoms. The van der Waals surface area contributed by atoms with Gasteiger partial charge in [-0.25, -0.2) is 4.79 Å². The molecule has 3 aromatic rings. The van der Waals surface area contributed by atoms with E-state index >= 15 is 0 Å². The highest BCUT2D eigenvalue weighted by molar-refractivity contribution is 6.30. The Morgan fingerprint density at radius 1 is 0.857 bits per heavy atom. The summed E-state index contributed by atoms with van der Waals surface area (Å²) in [5.74, 6) is -0.379. The monoisotopic (exact) mass is 396 g/mol. The van der Waals surface area contributed by atoms with Gasteiger partial charge < -0.3 is 16.0 Å². The first-order chi connectivity index (χ1) is 13.5. The molecule has 28 heavy (non-hydrogen) atoms. The van der Waals surface area contributed by atoms with Gasteiger partial charge >= 0.3 is 6.03 Å². The van der Waals surface area contributed by atoms with Crippen molar-refractivity contribution in [3.63, 3.8) is 0 Å². The Kier molecular flexibility index (Phi) is 6.08. The van der Waals surface area contributed by atoms with Gasteiger partial charge in [-0.05, 0) is 54.6 Å². The topological polar surface area (TPSA) is 92.2 Å². The van der Waals surface area contributed by atoms with Crippen molar-refractivity contribution in [1.82, 2.24) is 9.88 Å². The summed E-state index contributed by atoms with van der Waals surface area (Å²) in [6.45, 7) is -0.195. The average Bonchev–Trinajstić information content (AvgIpc) is 2.69. The second-order valence-electron chi connectivity index (χ2n) is 5.82. The number of nitrogens with zero attached hydrogens (tertiary/aromatic N) is 1. The van der Waals surface area contributed by atoms with Crippen LogP contribution in [-0.4, -0.2) is 23.1 Å². The van der Waals surface area contributed by atoms with E-state index in [4.69, 9.17) is 11.6 Å². The van der Waals surface area contributed by atoms with Crippen LogP contribution in [0.2, 0.25) is 5.02 Å². The Hall–Kier alpha value is -3.58. The number of carbonyl (C=O) groups is 2. The maximum Gasteiger partial charge on any atom is 0.319 e. The van der Waals surface area contributed by atoms with Crippen LogP contribution in [0, 0.1) is 0 Å². The molecule has 3 rings (SSSR count). The summed E-state index contributed by atoms with van der Waals surface area (Å²) in [6.07, 6.45) is 1.67. The van der Waals surface area contributed by atoms with Gasteiger partial charge in [-0.2, -0.15) is 0 Å². The first-order valence-corrected chi connectivity index (χ1v) is 8.77. The number of nitrogens with one attached hydrogen (secondary N) is 3. The third kappa shape index (κ3) is 5.21. The van der Waals surface area contributed by atoms with Crippen molar-refractivity contribution in [3.8, 4) is 5.69 Å². The zero-order valence-corrected chi connectivity index (χ0v) is 15.4. The van der Waals surface area contributed by atoms with Crippen LogP contribution in [0.4, 0.5) is 16.2 Å². The lowest BCUT2D eigenvalue weighted by Gasteiger charge is -2.10. The fourth-order valence-electron chi connectivity index (χ4n) is 2.42. The lowest BCUT2D eigenvalue weighted by atomic mass is 10.2. The molecule has 0 fully saturated rings. The number of carbonyl (C=O) groups excluding carboxylic acids is 2. The van der Waals surface area contributed by atoms with Crippen molar-refractivity contribution >= 4 is 34.9 Å². The summed E-state index contributed by atoms with van der Waals surface area (Å²) in [5, 5.41) is 8.31. The predicted octanol–water partition coefficient (Wildman–Crippen LogP) is 3.25. The fourth-order valence-corrected chi connectivity index (χ4v) is 2.55. The zero-order chi connectivity index (χ0) is 19.9. The van der Waals surface area contributed by atoms with E-state index in [0.29, 0.717) is 22.1 Å². The predicted molar refractivity (Wildman–Crippen MR) is 109 cm³/mol. The third-order valence-corrected chi connectivity index (χ3v) is 4.02. The van der Waals surface area contributed by atoms with Crippen molar-refractivity contribution in [2.75, 3.05) is 17.2 Å². The van der Waals surface area contributed by atoms with E-state index in [1.54, 1.807) is 66.9 Å². The van der Waals surface area contributed by atoms with E-state index in [2.05, 4.69) is 16.0 Å². The van der Waals surface area contributed by atoms with Gasteiger partial charge in [-0.1, -0.05) is 17.7 Å². The van der Waals surface area contributed by atoms with Gasteiger partial charge in [0, 0.05) is 34.3 Å². The van der Waals surface area contributed by atoms with E-state index in [-0.39, 0.29) is 18.0 Å². The minimum Gasteiger partial charge on any atom is -0.329 e. The first-order valence-electron chi connectivity index (χ1n) is 8.40. The quantitative estimate of drug-likeness (QED) is 0.618. The highest BCUT2D eigenvalue weighted by atomic mass is 35.5. The smallest absolute Gasteiger partial charge is 0.319 e. The second kappa shape index (κ2) is 8.88. The van der Waals surface area contributed by atoms with Gasteiger partial charge in [0.2, 0.25) is 5.91 Å². The van der Waals surface area contributed by atoms with Gasteiger partial charge in [-0.15, -0.1) is 0 Å². The maximum absolute atomic E-state index is 12.0. The Balaban J connectivity index is 1.50. The molecule has 0 atom stereocenters. The molecule has 0 saturated carbocycles. The summed E-state index contributed by atoms with van der Waals surface area (Å²) < 4.78 is 1.49. The Morgan fingerprint density at radius 2 is 1.50 bits per heavy atom. The number of pyridine rings is 1. The molecule has 0 aliphatic carbocycles.